The lowest BCUT2D eigenvalue weighted by Gasteiger charge is -2.34. The van der Waals surface area contributed by atoms with Crippen LogP contribution in [0.4, 0.5) is 10.1 Å². The average Bonchev–Trinajstić information content (AvgIpc) is 3.09. The summed E-state index contributed by atoms with van der Waals surface area (Å²) >= 11 is 0. The first-order chi connectivity index (χ1) is 12.5. The van der Waals surface area contributed by atoms with Crippen molar-refractivity contribution in [2.24, 2.45) is 11.8 Å². The van der Waals surface area contributed by atoms with Gasteiger partial charge in [0.2, 0.25) is 5.91 Å². The van der Waals surface area contributed by atoms with Gasteiger partial charge in [-0.2, -0.15) is 0 Å². The van der Waals surface area contributed by atoms with Gasteiger partial charge < -0.3 is 15.1 Å². The molecule has 2 aliphatic heterocycles. The lowest BCUT2D eigenvalue weighted by Crippen LogP contribution is -2.40. The molecule has 0 saturated carbocycles. The highest BCUT2D eigenvalue weighted by molar-refractivity contribution is 5.76. The predicted octanol–water partition coefficient (Wildman–Crippen LogP) is 3.28. The number of para-hydroxylation sites is 1. The van der Waals surface area contributed by atoms with E-state index in [1.54, 1.807) is 6.07 Å². The molecule has 1 aromatic carbocycles. The number of nitrogens with one attached hydrogen (secondary N) is 1. The maximum atomic E-state index is 13.9. The van der Waals surface area contributed by atoms with Crippen molar-refractivity contribution in [1.29, 1.82) is 0 Å². The molecule has 1 atom stereocenters. The van der Waals surface area contributed by atoms with Crippen molar-refractivity contribution >= 4 is 11.6 Å². The third-order valence-electron chi connectivity index (χ3n) is 5.92. The maximum Gasteiger partial charge on any atom is 0.220 e. The Labute approximate surface area is 156 Å². The monoisotopic (exact) mass is 361 g/mol. The molecule has 0 radical (unpaired) electrons. The molecule has 4 nitrogen and oxygen atoms in total. The number of likely N-dealkylation sites (tertiary alicyclic amines) is 1. The molecule has 2 saturated heterocycles. The van der Waals surface area contributed by atoms with Gasteiger partial charge in [0, 0.05) is 32.1 Å². The number of hydrogen-bond donors (Lipinski definition) is 1. The molecule has 0 aliphatic carbocycles. The van der Waals surface area contributed by atoms with Gasteiger partial charge in [0.25, 0.3) is 0 Å². The number of rotatable bonds is 6. The molecular weight excluding hydrogens is 329 g/mol. The van der Waals surface area contributed by atoms with E-state index in [0.717, 1.165) is 45.4 Å². The highest BCUT2D eigenvalue weighted by atomic mass is 19.1. The molecule has 1 N–H and O–H groups in total. The van der Waals surface area contributed by atoms with E-state index in [0.29, 0.717) is 36.5 Å². The van der Waals surface area contributed by atoms with Crippen molar-refractivity contribution in [2.45, 2.75) is 45.6 Å². The highest BCUT2D eigenvalue weighted by Crippen LogP contribution is 2.26. The summed E-state index contributed by atoms with van der Waals surface area (Å²) in [5, 5.41) is 3.12. The van der Waals surface area contributed by atoms with Gasteiger partial charge in [-0.15, -0.1) is 0 Å². The Morgan fingerprint density at radius 3 is 2.54 bits per heavy atom. The van der Waals surface area contributed by atoms with Crippen LogP contribution in [0.3, 0.4) is 0 Å². The summed E-state index contributed by atoms with van der Waals surface area (Å²) < 4.78 is 13.9. The summed E-state index contributed by atoms with van der Waals surface area (Å²) in [5.41, 5.74) is 0.679. The molecular formula is C21H32FN3O. The fourth-order valence-corrected chi connectivity index (χ4v) is 4.19. The zero-order chi connectivity index (χ0) is 18.5. The zero-order valence-corrected chi connectivity index (χ0v) is 16.1. The van der Waals surface area contributed by atoms with Gasteiger partial charge in [0.15, 0.2) is 0 Å². The molecule has 0 spiro atoms. The average molecular weight is 362 g/mol. The van der Waals surface area contributed by atoms with Crippen molar-refractivity contribution in [3.63, 3.8) is 0 Å². The lowest BCUT2D eigenvalue weighted by atomic mass is 9.92. The Morgan fingerprint density at radius 2 is 1.85 bits per heavy atom. The second kappa shape index (κ2) is 8.85. The first kappa shape index (κ1) is 19.2. The van der Waals surface area contributed by atoms with Gasteiger partial charge >= 0.3 is 0 Å². The zero-order valence-electron chi connectivity index (χ0n) is 16.1. The van der Waals surface area contributed by atoms with E-state index >= 15 is 0 Å². The number of hydrogen-bond acceptors (Lipinski definition) is 3. The van der Waals surface area contributed by atoms with E-state index in [4.69, 9.17) is 0 Å². The van der Waals surface area contributed by atoms with Crippen LogP contribution in [0.5, 0.6) is 0 Å². The third-order valence-corrected chi connectivity index (χ3v) is 5.92. The second-order valence-corrected chi connectivity index (χ2v) is 8.13. The van der Waals surface area contributed by atoms with E-state index in [1.807, 2.05) is 12.1 Å². The predicted molar refractivity (Wildman–Crippen MR) is 104 cm³/mol. The molecule has 26 heavy (non-hydrogen) atoms. The van der Waals surface area contributed by atoms with Crippen LogP contribution in [0.25, 0.3) is 0 Å². The Morgan fingerprint density at radius 1 is 1.15 bits per heavy atom. The smallest absolute Gasteiger partial charge is 0.220 e. The van der Waals surface area contributed by atoms with Gasteiger partial charge in [-0.05, 0) is 70.2 Å². The number of nitrogens with zero attached hydrogens (tertiary/aromatic N) is 2. The van der Waals surface area contributed by atoms with Crippen LogP contribution in [0.15, 0.2) is 24.3 Å². The van der Waals surface area contributed by atoms with Gasteiger partial charge in [-0.25, -0.2) is 4.39 Å². The number of halogens is 1. The number of amides is 1. The first-order valence-corrected chi connectivity index (χ1v) is 10.0. The molecule has 3 rings (SSSR count). The minimum Gasteiger partial charge on any atom is -0.369 e. The summed E-state index contributed by atoms with van der Waals surface area (Å²) in [6.45, 7) is 9.06. The van der Waals surface area contributed by atoms with E-state index in [9.17, 15) is 9.18 Å². The standard InChI is InChI=1S/C21H32FN3O/c1-16(2)24-10-7-17(8-11-24)13-21(26)23-14-18-9-12-25(15-18)20-6-4-3-5-19(20)22/h3-6,16-18H,7-15H2,1-2H3,(H,23,26)/t18-/m0/s1. The molecule has 2 fully saturated rings. The van der Waals surface area contributed by atoms with Gasteiger partial charge in [0.05, 0.1) is 5.69 Å². The Balaban J connectivity index is 1.37. The van der Waals surface area contributed by atoms with Crippen molar-refractivity contribution in [3.8, 4) is 0 Å². The van der Waals surface area contributed by atoms with Crippen LogP contribution < -0.4 is 10.2 Å². The van der Waals surface area contributed by atoms with Crippen molar-refractivity contribution < 1.29 is 9.18 Å². The highest BCUT2D eigenvalue weighted by Gasteiger charge is 2.26. The molecule has 5 heteroatoms. The molecule has 1 amide bonds. The van der Waals surface area contributed by atoms with E-state index in [1.165, 1.54) is 6.07 Å². The number of carbonyl (C=O) groups excluding carboxylic acids is 1. The molecule has 1 aromatic rings. The van der Waals surface area contributed by atoms with E-state index in [-0.39, 0.29) is 11.7 Å². The van der Waals surface area contributed by atoms with Crippen LogP contribution in [-0.2, 0) is 4.79 Å². The second-order valence-electron chi connectivity index (χ2n) is 8.13. The van der Waals surface area contributed by atoms with Crippen LogP contribution in [0.1, 0.15) is 39.5 Å². The van der Waals surface area contributed by atoms with Crippen molar-refractivity contribution in [2.75, 3.05) is 37.6 Å². The summed E-state index contributed by atoms with van der Waals surface area (Å²) in [7, 11) is 0. The third kappa shape index (κ3) is 4.97. The minimum atomic E-state index is -0.162. The van der Waals surface area contributed by atoms with Gasteiger partial charge in [0.1, 0.15) is 5.82 Å². The number of anilines is 1. The maximum absolute atomic E-state index is 13.9. The van der Waals surface area contributed by atoms with Crippen molar-refractivity contribution in [3.05, 3.63) is 30.1 Å². The summed E-state index contributed by atoms with van der Waals surface area (Å²) in [4.78, 5) is 16.9. The summed E-state index contributed by atoms with van der Waals surface area (Å²) in [6, 6.07) is 7.54. The molecule has 0 aromatic heterocycles. The Hall–Kier alpha value is -1.62. The SMILES string of the molecule is CC(C)N1CCC(CC(=O)NC[C@@H]2CCN(c3ccccc3F)C2)CC1. The minimum absolute atomic E-state index is 0.162. The molecule has 144 valence electrons. The molecule has 0 bridgehead atoms. The van der Waals surface area contributed by atoms with Crippen LogP contribution in [-0.4, -0.2) is 49.6 Å². The largest absolute Gasteiger partial charge is 0.369 e. The normalized spacial score (nSPS) is 22.2. The van der Waals surface area contributed by atoms with Gasteiger partial charge in [-0.3, -0.25) is 4.79 Å². The lowest BCUT2D eigenvalue weighted by molar-refractivity contribution is -0.122. The van der Waals surface area contributed by atoms with E-state index in [2.05, 4.69) is 29.0 Å². The van der Waals surface area contributed by atoms with Crippen LogP contribution in [0.2, 0.25) is 0 Å². The first-order valence-electron chi connectivity index (χ1n) is 10.0. The topological polar surface area (TPSA) is 35.6 Å². The Bertz CT molecular complexity index is 599. The van der Waals surface area contributed by atoms with E-state index < -0.39 is 0 Å². The molecule has 2 aliphatic rings. The summed E-state index contributed by atoms with van der Waals surface area (Å²) in [6.07, 6.45) is 3.89. The fraction of sp³-hybridized carbons (Fsp3) is 0.667. The number of piperidine rings is 1. The number of benzene rings is 1. The molecule has 0 unspecified atom stereocenters. The van der Waals surface area contributed by atoms with Gasteiger partial charge in [-0.1, -0.05) is 12.1 Å². The quantitative estimate of drug-likeness (QED) is 0.845. The van der Waals surface area contributed by atoms with Crippen molar-refractivity contribution in [1.82, 2.24) is 10.2 Å². The van der Waals surface area contributed by atoms with Crippen LogP contribution in [0, 0.1) is 17.7 Å². The van der Waals surface area contributed by atoms with Crippen LogP contribution >= 0.6 is 0 Å². The number of carbonyl (C=O) groups is 1. The Kier molecular flexibility index (Phi) is 6.52. The molecule has 2 heterocycles. The fourth-order valence-electron chi connectivity index (χ4n) is 4.19. The summed E-state index contributed by atoms with van der Waals surface area (Å²) in [5.74, 6) is 0.937.